The van der Waals surface area contributed by atoms with E-state index in [0.717, 1.165) is 32.1 Å². The van der Waals surface area contributed by atoms with E-state index in [0.29, 0.717) is 24.9 Å². The van der Waals surface area contributed by atoms with Crippen molar-refractivity contribution >= 4 is 41.4 Å². The van der Waals surface area contributed by atoms with Gasteiger partial charge in [-0.25, -0.2) is 4.79 Å². The summed E-state index contributed by atoms with van der Waals surface area (Å²) in [5, 5.41) is 10.8. The summed E-state index contributed by atoms with van der Waals surface area (Å²) in [4.78, 5) is 96.5. The molecule has 14 heteroatoms. The Balaban J connectivity index is 1.74. The summed E-state index contributed by atoms with van der Waals surface area (Å²) in [6.07, 6.45) is 4.89. The summed E-state index contributed by atoms with van der Waals surface area (Å²) >= 11 is 0. The summed E-state index contributed by atoms with van der Waals surface area (Å²) < 4.78 is 5.52. The lowest BCUT2D eigenvalue weighted by molar-refractivity contribution is -0.144. The third kappa shape index (κ3) is 12.8. The highest BCUT2D eigenvalue weighted by atomic mass is 16.6. The maximum absolute atomic E-state index is 14.4. The van der Waals surface area contributed by atoms with E-state index in [1.165, 1.54) is 9.80 Å². The van der Waals surface area contributed by atoms with Crippen LogP contribution in [0.2, 0.25) is 0 Å². The fraction of sp³-hybridized carbons (Fsp3) is 0.675. The van der Waals surface area contributed by atoms with Crippen LogP contribution in [0.25, 0.3) is 0 Å². The van der Waals surface area contributed by atoms with Gasteiger partial charge in [0.1, 0.15) is 17.7 Å². The van der Waals surface area contributed by atoms with E-state index in [4.69, 9.17) is 4.74 Å². The maximum Gasteiger partial charge on any atom is 0.408 e. The molecule has 2 aliphatic rings. The quantitative estimate of drug-likeness (QED) is 0.185. The van der Waals surface area contributed by atoms with Crippen molar-refractivity contribution in [2.75, 3.05) is 27.2 Å². The van der Waals surface area contributed by atoms with Crippen molar-refractivity contribution in [3.63, 3.8) is 0 Å². The summed E-state index contributed by atoms with van der Waals surface area (Å²) in [5.41, 5.74) is -0.0595. The standard InChI is InChI=1S/C40H62N6O8/c1-9-16-29(35(49)37(51)41-24-31(47)42-30(23-32(48)45(7)8)26-17-12-10-13-18-26)43-36(50)34-28(25(2)3)21-22-46(34)38(52)33(27-19-14-11-15-20-27)44-39(53)54-40(4,5)6/h10,12-13,17-18,25,27-30,33-34H,9,11,14-16,19-24H2,1-8H3,(H,41,51)(H,42,47)(H,43,50)(H,44,53)/t28?,29-,30+,33-,34-/m0/s1. The molecule has 1 aromatic carbocycles. The molecule has 2 fully saturated rings. The molecular weight excluding hydrogens is 692 g/mol. The second-order valence-corrected chi connectivity index (χ2v) is 16.1. The van der Waals surface area contributed by atoms with Gasteiger partial charge in [0, 0.05) is 20.6 Å². The van der Waals surface area contributed by atoms with Crippen molar-refractivity contribution in [3.05, 3.63) is 35.9 Å². The molecule has 0 radical (unpaired) electrons. The topological polar surface area (TPSA) is 183 Å². The number of ketones is 1. The van der Waals surface area contributed by atoms with Gasteiger partial charge in [0.25, 0.3) is 5.91 Å². The van der Waals surface area contributed by atoms with Crippen LogP contribution in [0.4, 0.5) is 4.79 Å². The lowest BCUT2D eigenvalue weighted by atomic mass is 9.83. The van der Waals surface area contributed by atoms with E-state index in [1.807, 2.05) is 26.8 Å². The van der Waals surface area contributed by atoms with Crippen LogP contribution in [0.5, 0.6) is 0 Å². The van der Waals surface area contributed by atoms with E-state index < -0.39 is 65.9 Å². The molecule has 1 saturated carbocycles. The summed E-state index contributed by atoms with van der Waals surface area (Å²) in [7, 11) is 3.24. The first kappa shape index (κ1) is 43.9. The van der Waals surface area contributed by atoms with Gasteiger partial charge in [-0.15, -0.1) is 0 Å². The number of alkyl carbamates (subject to hydrolysis) is 1. The van der Waals surface area contributed by atoms with Gasteiger partial charge in [-0.2, -0.15) is 0 Å². The lowest BCUT2D eigenvalue weighted by Crippen LogP contribution is -2.59. The minimum absolute atomic E-state index is 0.00321. The van der Waals surface area contributed by atoms with E-state index in [-0.39, 0.29) is 42.4 Å². The first-order valence-corrected chi connectivity index (χ1v) is 19.4. The van der Waals surface area contributed by atoms with Crippen molar-refractivity contribution in [2.45, 2.75) is 129 Å². The smallest absolute Gasteiger partial charge is 0.408 e. The van der Waals surface area contributed by atoms with Crippen LogP contribution in [0.1, 0.15) is 111 Å². The molecule has 1 saturated heterocycles. The van der Waals surface area contributed by atoms with Crippen molar-refractivity contribution in [2.24, 2.45) is 17.8 Å². The molecule has 0 bridgehead atoms. The van der Waals surface area contributed by atoms with Crippen LogP contribution in [0.3, 0.4) is 0 Å². The minimum Gasteiger partial charge on any atom is -0.444 e. The predicted octanol–water partition coefficient (Wildman–Crippen LogP) is 3.64. The van der Waals surface area contributed by atoms with E-state index in [9.17, 15) is 33.6 Å². The number of likely N-dealkylation sites (tertiary alicyclic amines) is 1. The van der Waals surface area contributed by atoms with Crippen molar-refractivity contribution in [1.82, 2.24) is 31.1 Å². The molecule has 4 N–H and O–H groups in total. The third-order valence-corrected chi connectivity index (χ3v) is 10.2. The molecule has 14 nitrogen and oxygen atoms in total. The molecule has 0 spiro atoms. The highest BCUT2D eigenvalue weighted by Gasteiger charge is 2.47. The molecular formula is C40H62N6O8. The second-order valence-electron chi connectivity index (χ2n) is 16.1. The monoisotopic (exact) mass is 754 g/mol. The number of nitrogens with zero attached hydrogens (tertiary/aromatic N) is 2. The number of carbonyl (C=O) groups excluding carboxylic acids is 7. The van der Waals surface area contributed by atoms with Gasteiger partial charge >= 0.3 is 6.09 Å². The lowest BCUT2D eigenvalue weighted by Gasteiger charge is -2.36. The highest BCUT2D eigenvalue weighted by molar-refractivity contribution is 6.38. The minimum atomic E-state index is -1.19. The second kappa shape index (κ2) is 20.3. The molecule has 6 amide bonds. The molecule has 1 aromatic rings. The normalized spacial score (nSPS) is 19.2. The molecule has 1 aliphatic carbocycles. The molecule has 1 heterocycles. The number of ether oxygens (including phenoxy) is 1. The Morgan fingerprint density at radius 1 is 0.907 bits per heavy atom. The number of carbonyl (C=O) groups is 7. The largest absolute Gasteiger partial charge is 0.444 e. The SMILES string of the molecule is CCC[C@H](NC(=O)[C@@H]1C(C(C)C)CCN1C(=O)[C@@H](NC(=O)OC(C)(C)C)C1CCCCC1)C(=O)C(=O)NCC(=O)N[C@H](CC(=O)N(C)C)c1ccccc1. The number of Topliss-reactive ketones (excluding diaryl/α,β-unsaturated/α-hetero) is 1. The van der Waals surface area contributed by atoms with Gasteiger partial charge < -0.3 is 35.8 Å². The zero-order valence-electron chi connectivity index (χ0n) is 33.4. The average Bonchev–Trinajstić information content (AvgIpc) is 3.58. The van der Waals surface area contributed by atoms with Gasteiger partial charge in [0.2, 0.25) is 29.4 Å². The Kier molecular flexibility index (Phi) is 16.5. The molecule has 1 unspecified atom stereocenters. The van der Waals surface area contributed by atoms with Gasteiger partial charge in [-0.3, -0.25) is 28.8 Å². The number of hydrogen-bond donors (Lipinski definition) is 4. The Bertz CT molecular complexity index is 1470. The predicted molar refractivity (Wildman–Crippen MR) is 204 cm³/mol. The summed E-state index contributed by atoms with van der Waals surface area (Å²) in [6.45, 7) is 10.8. The van der Waals surface area contributed by atoms with Gasteiger partial charge in [-0.1, -0.05) is 76.8 Å². The number of amides is 6. The van der Waals surface area contributed by atoms with Crippen LogP contribution < -0.4 is 21.3 Å². The van der Waals surface area contributed by atoms with Crippen LogP contribution in [-0.4, -0.2) is 102 Å². The zero-order valence-corrected chi connectivity index (χ0v) is 33.4. The van der Waals surface area contributed by atoms with Crippen LogP contribution in [-0.2, 0) is 33.5 Å². The first-order valence-electron chi connectivity index (χ1n) is 19.4. The Morgan fingerprint density at radius 3 is 2.13 bits per heavy atom. The molecule has 3 rings (SSSR count). The van der Waals surface area contributed by atoms with Gasteiger partial charge in [-0.05, 0) is 69.8 Å². The Labute approximate surface area is 320 Å². The molecule has 1 aliphatic heterocycles. The Morgan fingerprint density at radius 2 is 1.56 bits per heavy atom. The van der Waals surface area contributed by atoms with Crippen molar-refractivity contribution in [1.29, 1.82) is 0 Å². The van der Waals surface area contributed by atoms with Gasteiger partial charge in [0.05, 0.1) is 25.0 Å². The summed E-state index contributed by atoms with van der Waals surface area (Å²) in [5.74, 6) is -3.99. The van der Waals surface area contributed by atoms with Crippen LogP contribution in [0.15, 0.2) is 30.3 Å². The number of benzene rings is 1. The summed E-state index contributed by atoms with van der Waals surface area (Å²) in [6, 6.07) is 5.30. The first-order chi connectivity index (χ1) is 25.4. The van der Waals surface area contributed by atoms with E-state index in [1.54, 1.807) is 59.1 Å². The number of nitrogens with one attached hydrogen (secondary N) is 4. The van der Waals surface area contributed by atoms with Crippen LogP contribution in [0, 0.1) is 17.8 Å². The third-order valence-electron chi connectivity index (χ3n) is 10.2. The van der Waals surface area contributed by atoms with Gasteiger partial charge in [0.15, 0.2) is 0 Å². The number of rotatable bonds is 16. The fourth-order valence-corrected chi connectivity index (χ4v) is 7.32. The molecule has 54 heavy (non-hydrogen) atoms. The maximum atomic E-state index is 14.4. The van der Waals surface area contributed by atoms with E-state index >= 15 is 0 Å². The Hall–Kier alpha value is -4.49. The molecule has 300 valence electrons. The van der Waals surface area contributed by atoms with Crippen molar-refractivity contribution in [3.8, 4) is 0 Å². The number of hydrogen-bond acceptors (Lipinski definition) is 8. The van der Waals surface area contributed by atoms with E-state index in [2.05, 4.69) is 21.3 Å². The molecule has 5 atom stereocenters. The van der Waals surface area contributed by atoms with Crippen molar-refractivity contribution < 1.29 is 38.3 Å². The zero-order chi connectivity index (χ0) is 40.2. The fourth-order valence-electron chi connectivity index (χ4n) is 7.32. The highest BCUT2D eigenvalue weighted by Crippen LogP contribution is 2.34. The molecule has 0 aromatic heterocycles. The average molecular weight is 755 g/mol. The van der Waals surface area contributed by atoms with Crippen LogP contribution >= 0.6 is 0 Å².